The van der Waals surface area contributed by atoms with Crippen molar-refractivity contribution < 1.29 is 14.7 Å². The second-order valence-electron chi connectivity index (χ2n) is 6.83. The molecule has 0 saturated carbocycles. The molecule has 6 nitrogen and oxygen atoms in total. The van der Waals surface area contributed by atoms with Crippen LogP contribution in [0.1, 0.15) is 27.9 Å². The fraction of sp³-hybridized carbons (Fsp3) is 0.238. The Hall–Kier alpha value is -2.90. The highest BCUT2D eigenvalue weighted by atomic mass is 32.1. The van der Waals surface area contributed by atoms with E-state index in [0.717, 1.165) is 22.7 Å². The number of ether oxygens (including phenoxy) is 1. The van der Waals surface area contributed by atoms with Gasteiger partial charge in [-0.1, -0.05) is 53.8 Å². The van der Waals surface area contributed by atoms with Gasteiger partial charge in [0.05, 0.1) is 19.7 Å². The molecule has 2 aromatic heterocycles. The fourth-order valence-electron chi connectivity index (χ4n) is 3.59. The van der Waals surface area contributed by atoms with Gasteiger partial charge < -0.3 is 14.7 Å². The molecule has 0 saturated heterocycles. The van der Waals surface area contributed by atoms with Gasteiger partial charge in [-0.15, -0.1) is 5.10 Å². The van der Waals surface area contributed by atoms with Crippen LogP contribution in [0.25, 0.3) is 4.96 Å². The maximum atomic E-state index is 10.9. The van der Waals surface area contributed by atoms with Crippen LogP contribution in [0.4, 0.5) is 0 Å². The fourth-order valence-corrected chi connectivity index (χ4v) is 4.80. The standard InChI is InChI=1S/C21H22N4O2S/c1-14-22-21-25(23-14)20(26)19(28-21)18(16-11-7-8-12-17(16)27-3)24(2)13-15-9-5-4-6-10-15/h4-12,18,26H,13H2,1-3H3/p+1/t18-/m1/s1. The summed E-state index contributed by atoms with van der Waals surface area (Å²) in [5, 5.41) is 15.3. The topological polar surface area (TPSA) is 64.1 Å². The summed E-state index contributed by atoms with van der Waals surface area (Å²) in [6.07, 6.45) is 0. The molecule has 144 valence electrons. The summed E-state index contributed by atoms with van der Waals surface area (Å²) >= 11 is 1.47. The lowest BCUT2D eigenvalue weighted by atomic mass is 10.0. The molecular weight excluding hydrogens is 372 g/mol. The third-order valence-electron chi connectivity index (χ3n) is 4.84. The third-order valence-corrected chi connectivity index (χ3v) is 5.92. The summed E-state index contributed by atoms with van der Waals surface area (Å²) in [7, 11) is 3.80. The van der Waals surface area contributed by atoms with E-state index in [-0.39, 0.29) is 11.9 Å². The van der Waals surface area contributed by atoms with Crippen molar-refractivity contribution in [2.24, 2.45) is 0 Å². The molecule has 2 heterocycles. The number of aromatic hydroxyl groups is 1. The normalized spacial score (nSPS) is 13.5. The van der Waals surface area contributed by atoms with Crippen LogP contribution in [0, 0.1) is 6.92 Å². The molecule has 0 fully saturated rings. The number of nitrogens with one attached hydrogen (secondary N) is 1. The quantitative estimate of drug-likeness (QED) is 0.527. The van der Waals surface area contributed by atoms with Gasteiger partial charge in [-0.25, -0.2) is 4.98 Å². The van der Waals surface area contributed by atoms with Crippen LogP contribution in [0.2, 0.25) is 0 Å². The minimum absolute atomic E-state index is 0.120. The SMILES string of the molecule is COc1ccccc1[C@H](c1sc2nc(C)nn2c1O)[NH+](C)Cc1ccccc1. The first-order chi connectivity index (χ1) is 13.6. The van der Waals surface area contributed by atoms with Gasteiger partial charge in [0.25, 0.3) is 0 Å². The number of benzene rings is 2. The van der Waals surface area contributed by atoms with E-state index in [2.05, 4.69) is 35.3 Å². The van der Waals surface area contributed by atoms with E-state index in [1.54, 1.807) is 7.11 Å². The van der Waals surface area contributed by atoms with Crippen molar-refractivity contribution in [2.75, 3.05) is 14.2 Å². The highest BCUT2D eigenvalue weighted by Gasteiger charge is 2.33. The van der Waals surface area contributed by atoms with E-state index in [1.165, 1.54) is 26.3 Å². The second kappa shape index (κ2) is 7.61. The summed E-state index contributed by atoms with van der Waals surface area (Å²) in [6, 6.07) is 18.2. The van der Waals surface area contributed by atoms with E-state index < -0.39 is 0 Å². The summed E-state index contributed by atoms with van der Waals surface area (Å²) in [6.45, 7) is 2.62. The number of hydrogen-bond donors (Lipinski definition) is 2. The van der Waals surface area contributed by atoms with E-state index in [0.29, 0.717) is 10.8 Å². The van der Waals surface area contributed by atoms with E-state index >= 15 is 0 Å². The van der Waals surface area contributed by atoms with Gasteiger partial charge in [-0.2, -0.15) is 4.52 Å². The molecule has 0 aliphatic carbocycles. The highest BCUT2D eigenvalue weighted by Crippen LogP contribution is 2.37. The number of aryl methyl sites for hydroxylation is 1. The van der Waals surface area contributed by atoms with Gasteiger partial charge in [0.15, 0.2) is 6.04 Å². The van der Waals surface area contributed by atoms with Crippen LogP contribution < -0.4 is 9.64 Å². The lowest BCUT2D eigenvalue weighted by molar-refractivity contribution is -0.919. The molecule has 2 atom stereocenters. The van der Waals surface area contributed by atoms with Crippen LogP contribution in [-0.4, -0.2) is 33.9 Å². The lowest BCUT2D eigenvalue weighted by Gasteiger charge is -2.26. The predicted octanol–water partition coefficient (Wildman–Crippen LogP) is 2.62. The Morgan fingerprint density at radius 2 is 1.86 bits per heavy atom. The number of fused-ring (bicyclic) bond motifs is 1. The first kappa shape index (κ1) is 18.5. The predicted molar refractivity (Wildman–Crippen MR) is 109 cm³/mol. The van der Waals surface area contributed by atoms with Crippen LogP contribution in [-0.2, 0) is 6.54 Å². The van der Waals surface area contributed by atoms with Gasteiger partial charge in [0.2, 0.25) is 10.8 Å². The third kappa shape index (κ3) is 3.34. The largest absolute Gasteiger partial charge is 0.496 e. The first-order valence-electron chi connectivity index (χ1n) is 9.12. The van der Waals surface area contributed by atoms with Crippen molar-refractivity contribution in [3.8, 4) is 11.6 Å². The molecule has 2 N–H and O–H groups in total. The van der Waals surface area contributed by atoms with Crippen LogP contribution in [0.15, 0.2) is 54.6 Å². The number of methoxy groups -OCH3 is 1. The average Bonchev–Trinajstić information content (AvgIpc) is 3.21. The molecule has 0 aliphatic rings. The first-order valence-corrected chi connectivity index (χ1v) is 9.94. The maximum Gasteiger partial charge on any atom is 0.235 e. The number of nitrogens with zero attached hydrogens (tertiary/aromatic N) is 3. The number of hydrogen-bond acceptors (Lipinski definition) is 5. The average molecular weight is 396 g/mol. The monoisotopic (exact) mass is 395 g/mol. The Bertz CT molecular complexity index is 1090. The van der Waals surface area contributed by atoms with Gasteiger partial charge in [0, 0.05) is 5.56 Å². The molecular formula is C21H23N4O2S+. The molecule has 2 aromatic carbocycles. The molecule has 4 aromatic rings. The number of para-hydroxylation sites is 1. The molecule has 0 bridgehead atoms. The van der Waals surface area contributed by atoms with Gasteiger partial charge in [0.1, 0.15) is 23.0 Å². The molecule has 0 amide bonds. The smallest absolute Gasteiger partial charge is 0.235 e. The Morgan fingerprint density at radius 1 is 1.14 bits per heavy atom. The Labute approximate surface area is 167 Å². The maximum absolute atomic E-state index is 10.9. The summed E-state index contributed by atoms with van der Waals surface area (Å²) in [5.41, 5.74) is 2.25. The molecule has 28 heavy (non-hydrogen) atoms. The number of rotatable bonds is 6. The van der Waals surface area contributed by atoms with E-state index in [9.17, 15) is 5.11 Å². The van der Waals surface area contributed by atoms with Crippen molar-refractivity contribution in [3.05, 3.63) is 76.4 Å². The van der Waals surface area contributed by atoms with Gasteiger partial charge in [-0.05, 0) is 19.1 Å². The van der Waals surface area contributed by atoms with Crippen LogP contribution in [0.5, 0.6) is 11.6 Å². The zero-order chi connectivity index (χ0) is 19.7. The molecule has 4 rings (SSSR count). The summed E-state index contributed by atoms with van der Waals surface area (Å²) < 4.78 is 7.16. The Morgan fingerprint density at radius 3 is 2.57 bits per heavy atom. The lowest BCUT2D eigenvalue weighted by Crippen LogP contribution is -3.08. The molecule has 0 radical (unpaired) electrons. The Balaban J connectivity index is 1.82. The number of thiazole rings is 1. The minimum atomic E-state index is -0.120. The zero-order valence-corrected chi connectivity index (χ0v) is 16.9. The van der Waals surface area contributed by atoms with Gasteiger partial charge in [-0.3, -0.25) is 0 Å². The van der Waals surface area contributed by atoms with Crippen molar-refractivity contribution in [2.45, 2.75) is 19.5 Å². The summed E-state index contributed by atoms with van der Waals surface area (Å²) in [4.78, 5) is 7.16. The molecule has 1 unspecified atom stereocenters. The van der Waals surface area contributed by atoms with Crippen molar-refractivity contribution in [3.63, 3.8) is 0 Å². The number of aromatic nitrogens is 3. The minimum Gasteiger partial charge on any atom is -0.496 e. The van der Waals surface area contributed by atoms with Crippen LogP contribution >= 0.6 is 11.3 Å². The van der Waals surface area contributed by atoms with Crippen LogP contribution in [0.3, 0.4) is 0 Å². The molecule has 7 heteroatoms. The highest BCUT2D eigenvalue weighted by molar-refractivity contribution is 7.17. The molecule has 0 aliphatic heterocycles. The van der Waals surface area contributed by atoms with Crippen molar-refractivity contribution in [1.29, 1.82) is 0 Å². The van der Waals surface area contributed by atoms with Gasteiger partial charge >= 0.3 is 0 Å². The molecule has 0 spiro atoms. The van der Waals surface area contributed by atoms with Crippen molar-refractivity contribution in [1.82, 2.24) is 14.6 Å². The van der Waals surface area contributed by atoms with E-state index in [4.69, 9.17) is 4.74 Å². The second-order valence-corrected chi connectivity index (χ2v) is 7.84. The Kier molecular flexibility index (Phi) is 5.02. The summed E-state index contributed by atoms with van der Waals surface area (Å²) in [5.74, 6) is 1.59. The number of quaternary nitrogens is 1. The van der Waals surface area contributed by atoms with E-state index in [1.807, 2.05) is 43.3 Å². The zero-order valence-electron chi connectivity index (χ0n) is 16.1. The van der Waals surface area contributed by atoms with Crippen molar-refractivity contribution >= 4 is 16.3 Å².